The van der Waals surface area contributed by atoms with Gasteiger partial charge in [-0.2, -0.15) is 4.39 Å². The van der Waals surface area contributed by atoms with Crippen LogP contribution >= 0.6 is 0 Å². The van der Waals surface area contributed by atoms with Crippen molar-refractivity contribution >= 4 is 23.2 Å². The lowest BCUT2D eigenvalue weighted by molar-refractivity contribution is 0.100. The number of nitrogen functional groups attached to an aromatic ring is 1. The Balaban J connectivity index is 1.86. The van der Waals surface area contributed by atoms with Crippen molar-refractivity contribution in [2.75, 3.05) is 18.8 Å². The number of benzene rings is 2. The third-order valence-electron chi connectivity index (χ3n) is 4.98. The van der Waals surface area contributed by atoms with Gasteiger partial charge in [0.05, 0.1) is 22.5 Å². The third-order valence-corrected chi connectivity index (χ3v) is 4.98. The second-order valence-corrected chi connectivity index (χ2v) is 6.92. The average molecular weight is 354 g/mol. The minimum Gasteiger partial charge on any atom is -0.397 e. The molecule has 2 aromatic carbocycles. The summed E-state index contributed by atoms with van der Waals surface area (Å²) in [6.07, 6.45) is 2.26. The van der Waals surface area contributed by atoms with Crippen molar-refractivity contribution in [1.29, 1.82) is 0 Å². The van der Waals surface area contributed by atoms with Gasteiger partial charge in [-0.3, -0.25) is 4.79 Å². The summed E-state index contributed by atoms with van der Waals surface area (Å²) in [5.41, 5.74) is 13.0. The van der Waals surface area contributed by atoms with E-state index in [9.17, 15) is 9.18 Å². The number of hydrogen-bond donors (Lipinski definition) is 3. The zero-order chi connectivity index (χ0) is 18.7. The van der Waals surface area contributed by atoms with Crippen molar-refractivity contribution < 1.29 is 9.18 Å². The normalized spacial score (nSPS) is 20.8. The summed E-state index contributed by atoms with van der Waals surface area (Å²) in [5.74, 6) is -1.44. The summed E-state index contributed by atoms with van der Waals surface area (Å²) in [4.78, 5) is 15.3. The predicted octanol–water partition coefficient (Wildman–Crippen LogP) is 3.06. The number of anilines is 1. The maximum absolute atomic E-state index is 14.6. The zero-order valence-electron chi connectivity index (χ0n) is 14.8. The number of halogens is 1. The molecule has 1 fully saturated rings. The van der Waals surface area contributed by atoms with E-state index in [1.807, 2.05) is 12.1 Å². The summed E-state index contributed by atoms with van der Waals surface area (Å²) in [7, 11) is 0. The number of carbonyl (C=O) groups is 1. The van der Waals surface area contributed by atoms with Gasteiger partial charge in [-0.05, 0) is 49.2 Å². The molecule has 1 aliphatic rings. The Bertz CT molecular complexity index is 839. The van der Waals surface area contributed by atoms with Crippen LogP contribution in [-0.2, 0) is 5.41 Å². The summed E-state index contributed by atoms with van der Waals surface area (Å²) < 4.78 is 14.6. The molecule has 0 radical (unpaired) electrons. The molecule has 1 heterocycles. The van der Waals surface area contributed by atoms with Crippen LogP contribution in [-0.4, -0.2) is 25.0 Å². The van der Waals surface area contributed by atoms with Crippen LogP contribution in [0.3, 0.4) is 0 Å². The number of primary amides is 1. The number of hydrogen-bond acceptors (Lipinski definition) is 4. The Morgan fingerprint density at radius 3 is 2.50 bits per heavy atom. The summed E-state index contributed by atoms with van der Waals surface area (Å²) in [6.45, 7) is 4.21. The highest BCUT2D eigenvalue weighted by molar-refractivity contribution is 6.06. The monoisotopic (exact) mass is 354 g/mol. The van der Waals surface area contributed by atoms with Crippen LogP contribution in [0.15, 0.2) is 47.5 Å². The smallest absolute Gasteiger partial charge is 0.250 e. The average Bonchev–Trinajstić information content (AvgIpc) is 2.62. The first kappa shape index (κ1) is 18.1. The predicted molar refractivity (Wildman–Crippen MR) is 103 cm³/mol. The molecule has 1 aliphatic heterocycles. The summed E-state index contributed by atoms with van der Waals surface area (Å²) in [6, 6.07) is 12.0. The molecule has 1 amide bonds. The van der Waals surface area contributed by atoms with Gasteiger partial charge in [0.2, 0.25) is 5.97 Å². The number of nitrogens with one attached hydrogen (secondary N) is 1. The standard InChI is InChI=1S/C20H23FN4O/c1-20(10-3-11-24-12-20)13-6-8-14(9-7-13)25-18(21)15-4-2-5-16(17(15)22)19(23)26/h2,4-9,24H,3,10-12,22H2,1H3,(H2,23,26)/t20-/m0/s1. The van der Waals surface area contributed by atoms with Crippen molar-refractivity contribution in [3.63, 3.8) is 0 Å². The van der Waals surface area contributed by atoms with Crippen LogP contribution in [0, 0.1) is 0 Å². The number of aliphatic imine (C=N–C) groups is 1. The molecule has 1 saturated heterocycles. The van der Waals surface area contributed by atoms with E-state index < -0.39 is 11.9 Å². The molecule has 136 valence electrons. The Morgan fingerprint density at radius 2 is 1.88 bits per heavy atom. The van der Waals surface area contributed by atoms with E-state index in [0.29, 0.717) is 5.69 Å². The number of nitrogens with zero attached hydrogens (tertiary/aromatic N) is 1. The lowest BCUT2D eigenvalue weighted by Gasteiger charge is -2.34. The van der Waals surface area contributed by atoms with Crippen molar-refractivity contribution in [2.45, 2.75) is 25.2 Å². The highest BCUT2D eigenvalue weighted by Crippen LogP contribution is 2.32. The van der Waals surface area contributed by atoms with Crippen molar-refractivity contribution in [1.82, 2.24) is 5.32 Å². The van der Waals surface area contributed by atoms with Gasteiger partial charge in [-0.15, -0.1) is 0 Å². The fourth-order valence-electron chi connectivity index (χ4n) is 3.37. The molecule has 0 aromatic heterocycles. The molecule has 0 unspecified atom stereocenters. The first-order valence-corrected chi connectivity index (χ1v) is 8.65. The summed E-state index contributed by atoms with van der Waals surface area (Å²) >= 11 is 0. The minimum atomic E-state index is -0.746. The van der Waals surface area contributed by atoms with Gasteiger partial charge in [-0.1, -0.05) is 25.1 Å². The van der Waals surface area contributed by atoms with Crippen LogP contribution in [0.2, 0.25) is 0 Å². The third kappa shape index (κ3) is 3.60. The molecule has 6 heteroatoms. The van der Waals surface area contributed by atoms with Gasteiger partial charge in [0, 0.05) is 12.0 Å². The van der Waals surface area contributed by atoms with E-state index in [1.165, 1.54) is 23.8 Å². The maximum atomic E-state index is 14.6. The topological polar surface area (TPSA) is 93.5 Å². The lowest BCUT2D eigenvalue weighted by Crippen LogP contribution is -2.40. The molecular weight excluding hydrogens is 331 g/mol. The molecule has 0 spiro atoms. The van der Waals surface area contributed by atoms with E-state index >= 15 is 0 Å². The Hall–Kier alpha value is -2.73. The zero-order valence-corrected chi connectivity index (χ0v) is 14.8. The number of rotatable bonds is 4. The van der Waals surface area contributed by atoms with Crippen molar-refractivity contribution in [3.05, 3.63) is 59.2 Å². The Morgan fingerprint density at radius 1 is 1.19 bits per heavy atom. The first-order valence-electron chi connectivity index (χ1n) is 8.65. The molecule has 5 N–H and O–H groups in total. The molecule has 0 bridgehead atoms. The SMILES string of the molecule is C[C@]1(c2ccc(N=C(F)c3cccc(C(N)=O)c3N)cc2)CCCNC1. The fraction of sp³-hybridized carbons (Fsp3) is 0.300. The van der Waals surface area contributed by atoms with Crippen molar-refractivity contribution in [3.8, 4) is 0 Å². The molecule has 26 heavy (non-hydrogen) atoms. The number of carbonyl (C=O) groups excluding carboxylic acids is 1. The van der Waals surface area contributed by atoms with Crippen LogP contribution in [0.5, 0.6) is 0 Å². The Labute approximate surface area is 152 Å². The maximum Gasteiger partial charge on any atom is 0.250 e. The van der Waals surface area contributed by atoms with Crippen LogP contribution in [0.4, 0.5) is 15.8 Å². The van der Waals surface area contributed by atoms with Crippen LogP contribution in [0.1, 0.15) is 41.3 Å². The number of amides is 1. The van der Waals surface area contributed by atoms with E-state index in [-0.39, 0.29) is 22.2 Å². The quantitative estimate of drug-likeness (QED) is 0.582. The van der Waals surface area contributed by atoms with E-state index in [1.54, 1.807) is 12.1 Å². The van der Waals surface area contributed by atoms with Gasteiger partial charge < -0.3 is 16.8 Å². The number of para-hydroxylation sites is 1. The second-order valence-electron chi connectivity index (χ2n) is 6.92. The molecule has 2 aromatic rings. The van der Waals surface area contributed by atoms with Gasteiger partial charge in [0.1, 0.15) is 0 Å². The molecule has 5 nitrogen and oxygen atoms in total. The van der Waals surface area contributed by atoms with Gasteiger partial charge in [-0.25, -0.2) is 4.99 Å². The number of nitrogens with two attached hydrogens (primary N) is 2. The summed E-state index contributed by atoms with van der Waals surface area (Å²) in [5, 5.41) is 3.42. The minimum absolute atomic E-state index is 0.00124. The molecule has 0 aliphatic carbocycles. The van der Waals surface area contributed by atoms with E-state index in [2.05, 4.69) is 17.2 Å². The molecule has 3 rings (SSSR count). The van der Waals surface area contributed by atoms with Gasteiger partial charge >= 0.3 is 0 Å². The van der Waals surface area contributed by atoms with E-state index in [0.717, 1.165) is 25.9 Å². The largest absolute Gasteiger partial charge is 0.397 e. The molecule has 0 saturated carbocycles. The molecule has 1 atom stereocenters. The molecular formula is C20H23FN4O. The van der Waals surface area contributed by atoms with Gasteiger partial charge in [0.25, 0.3) is 5.91 Å². The second kappa shape index (κ2) is 7.25. The fourth-order valence-corrected chi connectivity index (χ4v) is 3.37. The van der Waals surface area contributed by atoms with Crippen LogP contribution < -0.4 is 16.8 Å². The van der Waals surface area contributed by atoms with Gasteiger partial charge in [0.15, 0.2) is 0 Å². The lowest BCUT2D eigenvalue weighted by atomic mass is 9.76. The number of piperidine rings is 1. The van der Waals surface area contributed by atoms with Crippen molar-refractivity contribution in [2.24, 2.45) is 10.7 Å². The highest BCUT2D eigenvalue weighted by atomic mass is 19.1. The Kier molecular flexibility index (Phi) is 5.04. The first-order chi connectivity index (χ1) is 12.4. The van der Waals surface area contributed by atoms with Crippen LogP contribution in [0.25, 0.3) is 0 Å². The van der Waals surface area contributed by atoms with E-state index in [4.69, 9.17) is 11.5 Å². The highest BCUT2D eigenvalue weighted by Gasteiger charge is 2.28.